The number of rotatable bonds is 6. The van der Waals surface area contributed by atoms with Gasteiger partial charge >= 0.3 is 0 Å². The first-order valence-corrected chi connectivity index (χ1v) is 7.18. The largest absolute Gasteiger partial charge is 0.484 e. The van der Waals surface area contributed by atoms with Crippen molar-refractivity contribution in [2.24, 2.45) is 5.10 Å². The van der Waals surface area contributed by atoms with Gasteiger partial charge in [-0.2, -0.15) is 5.10 Å². The molecule has 0 atom stereocenters. The number of benzene rings is 1. The third-order valence-electron chi connectivity index (χ3n) is 2.64. The normalized spacial score (nSPS) is 11.0. The van der Waals surface area contributed by atoms with E-state index in [0.29, 0.717) is 11.5 Å². The molecule has 8 heteroatoms. The number of nitrogens with zero attached hydrogens (tertiary/aromatic N) is 2. The molecule has 0 bridgehead atoms. The second-order valence-corrected chi connectivity index (χ2v) is 5.20. The Balaban J connectivity index is 1.82. The summed E-state index contributed by atoms with van der Waals surface area (Å²) in [6.45, 7) is 1.57. The lowest BCUT2D eigenvalue weighted by Crippen LogP contribution is -2.25. The molecule has 0 spiro atoms. The SMILES string of the molecule is C/C(=N/NC(=O)COc1ccc([N+](=O)[O-])cc1)c1cccs1. The molecule has 2 rings (SSSR count). The minimum absolute atomic E-state index is 0.0343. The summed E-state index contributed by atoms with van der Waals surface area (Å²) >= 11 is 1.53. The van der Waals surface area contributed by atoms with Gasteiger partial charge < -0.3 is 4.74 Å². The third kappa shape index (κ3) is 4.38. The van der Waals surface area contributed by atoms with Crippen molar-refractivity contribution < 1.29 is 14.5 Å². The van der Waals surface area contributed by atoms with Crippen LogP contribution in [0.4, 0.5) is 5.69 Å². The van der Waals surface area contributed by atoms with Crippen LogP contribution in [0.5, 0.6) is 5.75 Å². The average molecular weight is 319 g/mol. The van der Waals surface area contributed by atoms with E-state index < -0.39 is 10.8 Å². The van der Waals surface area contributed by atoms with E-state index >= 15 is 0 Å². The van der Waals surface area contributed by atoms with Gasteiger partial charge in [-0.1, -0.05) is 6.07 Å². The fraction of sp³-hybridized carbons (Fsp3) is 0.143. The standard InChI is InChI=1S/C14H13N3O4S/c1-10(13-3-2-8-22-13)15-16-14(18)9-21-12-6-4-11(5-7-12)17(19)20/h2-8H,9H2,1H3,(H,16,18)/b15-10-. The van der Waals surface area contributed by atoms with Crippen molar-refractivity contribution in [2.75, 3.05) is 6.61 Å². The number of hydrazone groups is 1. The van der Waals surface area contributed by atoms with E-state index in [1.807, 2.05) is 17.5 Å². The first kappa shape index (κ1) is 15.6. The van der Waals surface area contributed by atoms with Gasteiger partial charge in [-0.3, -0.25) is 14.9 Å². The predicted octanol–water partition coefficient (Wildman–Crippen LogP) is 2.58. The lowest BCUT2D eigenvalue weighted by Gasteiger charge is -2.05. The zero-order chi connectivity index (χ0) is 15.9. The van der Waals surface area contributed by atoms with Crippen LogP contribution >= 0.6 is 11.3 Å². The molecule has 0 aliphatic heterocycles. The molecule has 1 N–H and O–H groups in total. The Labute approximate surface area is 130 Å². The van der Waals surface area contributed by atoms with Crippen LogP contribution in [-0.4, -0.2) is 23.1 Å². The highest BCUT2D eigenvalue weighted by atomic mass is 32.1. The van der Waals surface area contributed by atoms with Crippen molar-refractivity contribution >= 4 is 28.6 Å². The Morgan fingerprint density at radius 1 is 1.36 bits per heavy atom. The van der Waals surface area contributed by atoms with Gasteiger partial charge in [0.25, 0.3) is 11.6 Å². The van der Waals surface area contributed by atoms with E-state index in [0.717, 1.165) is 4.88 Å². The molecule has 0 saturated carbocycles. The minimum Gasteiger partial charge on any atom is -0.484 e. The molecule has 1 heterocycles. The van der Waals surface area contributed by atoms with Crippen molar-refractivity contribution in [1.29, 1.82) is 0 Å². The topological polar surface area (TPSA) is 93.8 Å². The number of carbonyl (C=O) groups excluding carboxylic acids is 1. The van der Waals surface area contributed by atoms with Crippen LogP contribution < -0.4 is 10.2 Å². The van der Waals surface area contributed by atoms with E-state index in [4.69, 9.17) is 4.74 Å². The zero-order valence-electron chi connectivity index (χ0n) is 11.7. The third-order valence-corrected chi connectivity index (χ3v) is 3.62. The molecule has 1 aromatic heterocycles. The molecule has 1 aromatic carbocycles. The number of hydrogen-bond acceptors (Lipinski definition) is 6. The van der Waals surface area contributed by atoms with Crippen LogP contribution in [0.2, 0.25) is 0 Å². The maximum Gasteiger partial charge on any atom is 0.277 e. The number of ether oxygens (including phenoxy) is 1. The number of nitrogens with one attached hydrogen (secondary N) is 1. The predicted molar refractivity (Wildman–Crippen MR) is 83.3 cm³/mol. The van der Waals surface area contributed by atoms with Gasteiger partial charge in [0, 0.05) is 17.0 Å². The summed E-state index contributed by atoms with van der Waals surface area (Å²) in [5.41, 5.74) is 3.07. The smallest absolute Gasteiger partial charge is 0.277 e. The van der Waals surface area contributed by atoms with E-state index in [9.17, 15) is 14.9 Å². The molecule has 7 nitrogen and oxygen atoms in total. The monoisotopic (exact) mass is 319 g/mol. The zero-order valence-corrected chi connectivity index (χ0v) is 12.5. The number of nitro groups is 1. The maximum atomic E-state index is 11.6. The number of non-ortho nitro benzene ring substituents is 1. The fourth-order valence-electron chi connectivity index (χ4n) is 1.53. The molecular formula is C14H13N3O4S. The van der Waals surface area contributed by atoms with Crippen LogP contribution in [0.15, 0.2) is 46.9 Å². The second kappa shape index (κ2) is 7.32. The van der Waals surface area contributed by atoms with Crippen LogP contribution in [0, 0.1) is 10.1 Å². The van der Waals surface area contributed by atoms with Gasteiger partial charge in [-0.15, -0.1) is 11.3 Å². The molecule has 0 fully saturated rings. The lowest BCUT2D eigenvalue weighted by atomic mass is 10.3. The molecule has 0 aliphatic rings. The maximum absolute atomic E-state index is 11.6. The quantitative estimate of drug-likeness (QED) is 0.503. The lowest BCUT2D eigenvalue weighted by molar-refractivity contribution is -0.384. The highest BCUT2D eigenvalue weighted by molar-refractivity contribution is 7.12. The van der Waals surface area contributed by atoms with Gasteiger partial charge in [0.1, 0.15) is 5.75 Å². The Bertz CT molecular complexity index is 681. The molecule has 2 aromatic rings. The van der Waals surface area contributed by atoms with E-state index in [-0.39, 0.29) is 12.3 Å². The molecule has 0 saturated heterocycles. The summed E-state index contributed by atoms with van der Waals surface area (Å²) in [7, 11) is 0. The Morgan fingerprint density at radius 3 is 2.68 bits per heavy atom. The van der Waals surface area contributed by atoms with Crippen molar-refractivity contribution in [3.8, 4) is 5.75 Å². The highest BCUT2D eigenvalue weighted by Crippen LogP contribution is 2.17. The van der Waals surface area contributed by atoms with E-state index in [1.165, 1.54) is 35.6 Å². The van der Waals surface area contributed by atoms with Crippen molar-refractivity contribution in [1.82, 2.24) is 5.43 Å². The molecule has 0 radical (unpaired) electrons. The van der Waals surface area contributed by atoms with Gasteiger partial charge in [0.05, 0.1) is 10.6 Å². The first-order valence-electron chi connectivity index (χ1n) is 6.30. The highest BCUT2D eigenvalue weighted by Gasteiger charge is 2.06. The van der Waals surface area contributed by atoms with Gasteiger partial charge in [0.2, 0.25) is 0 Å². The number of thiophene rings is 1. The summed E-state index contributed by atoms with van der Waals surface area (Å²) < 4.78 is 5.22. The van der Waals surface area contributed by atoms with Crippen molar-refractivity contribution in [3.05, 3.63) is 56.8 Å². The number of amides is 1. The number of nitro benzene ring substituents is 1. The van der Waals surface area contributed by atoms with Gasteiger partial charge in [0.15, 0.2) is 6.61 Å². The Kier molecular flexibility index (Phi) is 5.21. The molecule has 0 aliphatic carbocycles. The molecule has 22 heavy (non-hydrogen) atoms. The van der Waals surface area contributed by atoms with Gasteiger partial charge in [-0.05, 0) is 30.5 Å². The summed E-state index contributed by atoms with van der Waals surface area (Å²) in [6.07, 6.45) is 0. The second-order valence-electron chi connectivity index (χ2n) is 4.25. The van der Waals surface area contributed by atoms with Crippen LogP contribution in [0.1, 0.15) is 11.8 Å². The summed E-state index contributed by atoms with van der Waals surface area (Å²) in [6, 6.07) is 9.30. The Morgan fingerprint density at radius 2 is 2.09 bits per heavy atom. The summed E-state index contributed by atoms with van der Waals surface area (Å²) in [5.74, 6) is -0.0334. The number of carbonyl (C=O) groups is 1. The molecule has 114 valence electrons. The first-order chi connectivity index (χ1) is 10.6. The van der Waals surface area contributed by atoms with Gasteiger partial charge in [-0.25, -0.2) is 5.43 Å². The van der Waals surface area contributed by atoms with Crippen LogP contribution in [0.3, 0.4) is 0 Å². The number of hydrogen-bond donors (Lipinski definition) is 1. The van der Waals surface area contributed by atoms with Crippen molar-refractivity contribution in [3.63, 3.8) is 0 Å². The van der Waals surface area contributed by atoms with E-state index in [2.05, 4.69) is 10.5 Å². The summed E-state index contributed by atoms with van der Waals surface area (Å²) in [4.78, 5) is 22.6. The fourth-order valence-corrected chi connectivity index (χ4v) is 2.21. The average Bonchev–Trinajstić information content (AvgIpc) is 3.05. The molecule has 1 amide bonds. The molecular weight excluding hydrogens is 306 g/mol. The van der Waals surface area contributed by atoms with Crippen LogP contribution in [-0.2, 0) is 4.79 Å². The summed E-state index contributed by atoms with van der Waals surface area (Å²) in [5, 5.41) is 16.4. The Hall–Kier alpha value is -2.74. The van der Waals surface area contributed by atoms with Crippen LogP contribution in [0.25, 0.3) is 0 Å². The minimum atomic E-state index is -0.501. The van der Waals surface area contributed by atoms with E-state index in [1.54, 1.807) is 6.92 Å². The van der Waals surface area contributed by atoms with Crippen molar-refractivity contribution in [2.45, 2.75) is 6.92 Å². The molecule has 0 unspecified atom stereocenters.